The third-order valence-electron chi connectivity index (χ3n) is 10.2. The first kappa shape index (κ1) is 35.4. The number of hydrogen-bond acceptors (Lipinski definition) is 10. The number of anilines is 1. The summed E-state index contributed by atoms with van der Waals surface area (Å²) in [5.74, 6) is -0.773. The van der Waals surface area contributed by atoms with Gasteiger partial charge in [-0.1, -0.05) is 19.8 Å². The van der Waals surface area contributed by atoms with Crippen LogP contribution >= 0.6 is 0 Å². The minimum absolute atomic E-state index is 0.0915. The second kappa shape index (κ2) is 14.4. The predicted octanol–water partition coefficient (Wildman–Crippen LogP) is 4.95. The third kappa shape index (κ3) is 6.96. The second-order valence-electron chi connectivity index (χ2n) is 13.3. The summed E-state index contributed by atoms with van der Waals surface area (Å²) in [6.45, 7) is 7.77. The average molecular weight is 701 g/mol. The first-order chi connectivity index (χ1) is 23.9. The highest BCUT2D eigenvalue weighted by molar-refractivity contribution is 5.99. The first-order valence-electron chi connectivity index (χ1n) is 17.3. The van der Waals surface area contributed by atoms with Gasteiger partial charge in [-0.05, 0) is 63.8 Å². The van der Waals surface area contributed by atoms with E-state index >= 15 is 0 Å². The number of aryl methyl sites for hydroxylation is 1. The maximum absolute atomic E-state index is 14.3. The number of aromatic nitrogens is 2. The van der Waals surface area contributed by atoms with Gasteiger partial charge in [-0.15, -0.1) is 0 Å². The molecular formula is C35H43F3N6O6. The smallest absolute Gasteiger partial charge is 0.477 e. The van der Waals surface area contributed by atoms with E-state index in [9.17, 15) is 27.6 Å². The minimum Gasteiger partial charge on any atom is -0.477 e. The molecule has 6 rings (SSSR count). The molecular weight excluding hydrogens is 657 g/mol. The van der Waals surface area contributed by atoms with Gasteiger partial charge < -0.3 is 28.7 Å². The number of likely N-dealkylation sites (tertiary alicyclic amines) is 1. The molecule has 3 aromatic rings. The molecule has 3 aromatic heterocycles. The molecule has 3 aliphatic rings. The fourth-order valence-electron chi connectivity index (χ4n) is 7.51. The van der Waals surface area contributed by atoms with Crippen molar-refractivity contribution >= 4 is 17.5 Å². The Morgan fingerprint density at radius 1 is 1.08 bits per heavy atom. The van der Waals surface area contributed by atoms with Gasteiger partial charge in [-0.2, -0.15) is 13.2 Å². The molecule has 1 aliphatic carbocycles. The van der Waals surface area contributed by atoms with Crippen molar-refractivity contribution in [2.24, 2.45) is 5.41 Å². The van der Waals surface area contributed by atoms with Crippen molar-refractivity contribution in [1.82, 2.24) is 25.1 Å². The van der Waals surface area contributed by atoms with Gasteiger partial charge in [0.2, 0.25) is 11.8 Å². The van der Waals surface area contributed by atoms with Crippen LogP contribution in [0.15, 0.2) is 44.1 Å². The predicted molar refractivity (Wildman–Crippen MR) is 177 cm³/mol. The molecule has 15 heteroatoms. The number of halogens is 3. The number of pyridine rings is 2. The lowest BCUT2D eigenvalue weighted by molar-refractivity contribution is -0.226. The quantitative estimate of drug-likeness (QED) is 0.310. The lowest BCUT2D eigenvalue weighted by Crippen LogP contribution is -2.60. The summed E-state index contributed by atoms with van der Waals surface area (Å²) in [5, 5.41) is 3.13. The second-order valence-corrected chi connectivity index (χ2v) is 13.3. The van der Waals surface area contributed by atoms with Crippen LogP contribution in [0.5, 0.6) is 5.88 Å². The van der Waals surface area contributed by atoms with Crippen LogP contribution < -0.4 is 20.8 Å². The number of alkyl halides is 3. The van der Waals surface area contributed by atoms with Crippen LogP contribution in [0.3, 0.4) is 0 Å². The van der Waals surface area contributed by atoms with Crippen LogP contribution in [-0.4, -0.2) is 89.2 Å². The number of nitrogens with zero attached hydrogens (tertiary/aromatic N) is 5. The fraction of sp³-hybridized carbons (Fsp3) is 0.571. The summed E-state index contributed by atoms with van der Waals surface area (Å²) in [5.41, 5.74) is -0.561. The zero-order chi connectivity index (χ0) is 35.6. The number of carbonyl (C=O) groups excluding carboxylic acids is 2. The molecule has 3 fully saturated rings. The summed E-state index contributed by atoms with van der Waals surface area (Å²) in [4.78, 5) is 53.8. The lowest BCUT2D eigenvalue weighted by Gasteiger charge is -2.45. The zero-order valence-electron chi connectivity index (χ0n) is 28.6. The summed E-state index contributed by atoms with van der Waals surface area (Å²) in [6, 6.07) is 6.59. The summed E-state index contributed by atoms with van der Waals surface area (Å²) in [6.07, 6.45) is -1.44. The van der Waals surface area contributed by atoms with Crippen LogP contribution in [0.1, 0.15) is 74.4 Å². The molecule has 12 nitrogen and oxygen atoms in total. The van der Waals surface area contributed by atoms with Crippen LogP contribution in [-0.2, 0) is 11.3 Å². The van der Waals surface area contributed by atoms with Gasteiger partial charge in [-0.3, -0.25) is 14.5 Å². The molecule has 50 heavy (non-hydrogen) atoms. The van der Waals surface area contributed by atoms with Crippen molar-refractivity contribution in [3.8, 4) is 17.1 Å². The third-order valence-corrected chi connectivity index (χ3v) is 10.2. The maximum atomic E-state index is 14.3. The molecule has 5 heterocycles. The van der Waals surface area contributed by atoms with Gasteiger partial charge in [0, 0.05) is 51.0 Å². The van der Waals surface area contributed by atoms with Gasteiger partial charge in [-0.25, -0.2) is 14.8 Å². The van der Waals surface area contributed by atoms with E-state index in [1.54, 1.807) is 31.3 Å². The number of nitrogens with one attached hydrogen (secondary N) is 1. The van der Waals surface area contributed by atoms with Gasteiger partial charge in [0.25, 0.3) is 5.91 Å². The Morgan fingerprint density at radius 2 is 1.86 bits per heavy atom. The molecule has 270 valence electrons. The van der Waals surface area contributed by atoms with Gasteiger partial charge in [0.1, 0.15) is 11.2 Å². The van der Waals surface area contributed by atoms with Crippen molar-refractivity contribution in [3.05, 3.63) is 58.3 Å². The standard InChI is InChI=1S/C35H43F3N6O6/c1-4-24-20-43(32(46)34(35(36,37)38)13-6-7-14-34)17-18-44(24)27-11-10-26(25-9-8-15-39-31(25)48-5-2)41-29(27)30(45)40-23-12-16-42(19-23)21-28-22(3)49-33(47)50-28/h8-11,15,23-24H,4-7,12-14,16-21H2,1-3H3,(H,40,45)/t23-,24-/m1/s1. The van der Waals surface area contributed by atoms with E-state index in [2.05, 4.69) is 15.2 Å². The van der Waals surface area contributed by atoms with Crippen molar-refractivity contribution in [2.45, 2.75) is 84.1 Å². The summed E-state index contributed by atoms with van der Waals surface area (Å²) < 4.78 is 58.8. The Morgan fingerprint density at radius 3 is 2.54 bits per heavy atom. The van der Waals surface area contributed by atoms with Crippen molar-refractivity contribution in [3.63, 3.8) is 0 Å². The maximum Gasteiger partial charge on any atom is 0.519 e. The van der Waals surface area contributed by atoms with Gasteiger partial charge in [0.15, 0.2) is 11.5 Å². The van der Waals surface area contributed by atoms with E-state index < -0.39 is 29.2 Å². The highest BCUT2D eigenvalue weighted by atomic mass is 19.4. The Bertz CT molecular complexity index is 1750. The molecule has 2 saturated heterocycles. The molecule has 0 radical (unpaired) electrons. The number of piperazine rings is 1. The van der Waals surface area contributed by atoms with Crippen LogP contribution in [0.2, 0.25) is 0 Å². The largest absolute Gasteiger partial charge is 0.519 e. The fourth-order valence-corrected chi connectivity index (χ4v) is 7.51. The van der Waals surface area contributed by atoms with E-state index in [4.69, 9.17) is 18.6 Å². The normalized spacial score (nSPS) is 21.1. The van der Waals surface area contributed by atoms with Crippen molar-refractivity contribution < 1.29 is 36.3 Å². The summed E-state index contributed by atoms with van der Waals surface area (Å²) >= 11 is 0. The van der Waals surface area contributed by atoms with Crippen molar-refractivity contribution in [1.29, 1.82) is 0 Å². The highest BCUT2D eigenvalue weighted by Gasteiger charge is 2.62. The number of ether oxygens (including phenoxy) is 1. The molecule has 2 amide bonds. The molecule has 2 aliphatic heterocycles. The number of carbonyl (C=O) groups is 2. The zero-order valence-corrected chi connectivity index (χ0v) is 28.6. The molecule has 1 N–H and O–H groups in total. The topological polar surface area (TPSA) is 134 Å². The molecule has 1 saturated carbocycles. The number of hydrogen-bond donors (Lipinski definition) is 1. The first-order valence-corrected chi connectivity index (χ1v) is 17.3. The Kier molecular flexibility index (Phi) is 10.2. The minimum atomic E-state index is -4.61. The Balaban J connectivity index is 1.27. The highest BCUT2D eigenvalue weighted by Crippen LogP contribution is 2.52. The van der Waals surface area contributed by atoms with E-state index in [-0.39, 0.29) is 50.3 Å². The lowest BCUT2D eigenvalue weighted by atomic mass is 9.83. The van der Waals surface area contributed by atoms with Crippen LogP contribution in [0.25, 0.3) is 11.3 Å². The van der Waals surface area contributed by atoms with Crippen LogP contribution in [0, 0.1) is 12.3 Å². The Labute approximate surface area is 288 Å². The summed E-state index contributed by atoms with van der Waals surface area (Å²) in [7, 11) is 0. The van der Waals surface area contributed by atoms with E-state index in [0.29, 0.717) is 86.3 Å². The number of amides is 2. The molecule has 0 unspecified atom stereocenters. The molecule has 2 atom stereocenters. The molecule has 0 bridgehead atoms. The van der Waals surface area contributed by atoms with E-state index in [0.717, 1.165) is 0 Å². The Hall–Kier alpha value is -4.40. The number of rotatable bonds is 10. The SMILES string of the molecule is CCOc1ncccc1-c1ccc(N2CCN(C(=O)C3(C(F)(F)F)CCCC3)C[C@H]2CC)c(C(=O)N[C@@H]2CCN(Cc3oc(=O)oc3C)C2)n1. The van der Waals surface area contributed by atoms with E-state index in [1.165, 1.54) is 4.90 Å². The van der Waals surface area contributed by atoms with Gasteiger partial charge >= 0.3 is 12.0 Å². The van der Waals surface area contributed by atoms with E-state index in [1.807, 2.05) is 24.8 Å². The average Bonchev–Trinajstić information content (AvgIpc) is 3.85. The molecule has 0 spiro atoms. The van der Waals surface area contributed by atoms with Crippen LogP contribution in [0.4, 0.5) is 18.9 Å². The monoisotopic (exact) mass is 700 g/mol. The molecule has 0 aromatic carbocycles. The van der Waals surface area contributed by atoms with Crippen molar-refractivity contribution in [2.75, 3.05) is 44.2 Å². The van der Waals surface area contributed by atoms with Gasteiger partial charge in [0.05, 0.1) is 30.1 Å².